The standard InChI is InChI=1S/C17H25OSi3/c1-19(16-12-8-6-9-13-16)21(5,18-20(2,3)4)17-14-10-7-11-15-17/h6-15H,1-5H3/q-1. The van der Waals surface area contributed by atoms with Gasteiger partial charge in [0.15, 0.2) is 8.32 Å². The van der Waals surface area contributed by atoms with Crippen molar-refractivity contribution in [3.63, 3.8) is 0 Å². The van der Waals surface area contributed by atoms with Crippen molar-refractivity contribution in [2.24, 2.45) is 0 Å². The van der Waals surface area contributed by atoms with Gasteiger partial charge < -0.3 is 4.12 Å². The zero-order valence-electron chi connectivity index (χ0n) is 13.7. The van der Waals surface area contributed by atoms with Crippen molar-refractivity contribution in [3.05, 3.63) is 60.7 Å². The summed E-state index contributed by atoms with van der Waals surface area (Å²) in [6, 6.07) is 21.9. The van der Waals surface area contributed by atoms with Crippen LogP contribution in [0.2, 0.25) is 32.7 Å². The topological polar surface area (TPSA) is 9.23 Å². The Hall–Kier alpha value is -0.949. The average molecular weight is 330 g/mol. The second kappa shape index (κ2) is 6.44. The summed E-state index contributed by atoms with van der Waals surface area (Å²) in [5, 5.41) is 2.92. The molecule has 0 radical (unpaired) electrons. The molecule has 1 atom stereocenters. The van der Waals surface area contributed by atoms with Gasteiger partial charge in [0.2, 0.25) is 0 Å². The van der Waals surface area contributed by atoms with Gasteiger partial charge in [-0.3, -0.25) is 8.31 Å². The SMILES string of the molecule is C[Si-](c1ccccc1)[Si](C)(O[Si](C)(C)C)c1ccccc1. The monoisotopic (exact) mass is 329 g/mol. The summed E-state index contributed by atoms with van der Waals surface area (Å²) >= 11 is 0. The average Bonchev–Trinajstić information content (AvgIpc) is 2.46. The van der Waals surface area contributed by atoms with Crippen molar-refractivity contribution < 1.29 is 4.12 Å². The van der Waals surface area contributed by atoms with Crippen LogP contribution in [0.4, 0.5) is 0 Å². The minimum Gasteiger partial charge on any atom is -0.478 e. The Labute approximate surface area is 132 Å². The highest BCUT2D eigenvalue weighted by Crippen LogP contribution is 2.18. The van der Waals surface area contributed by atoms with Crippen LogP contribution in [0.5, 0.6) is 0 Å². The zero-order valence-corrected chi connectivity index (χ0v) is 16.7. The molecule has 1 unspecified atom stereocenters. The van der Waals surface area contributed by atoms with Crippen LogP contribution < -0.4 is 10.4 Å². The molecule has 2 rings (SSSR count). The Morgan fingerprint density at radius 2 is 1.24 bits per heavy atom. The fourth-order valence-electron chi connectivity index (χ4n) is 2.68. The lowest BCUT2D eigenvalue weighted by Gasteiger charge is -2.49. The third-order valence-electron chi connectivity index (χ3n) is 3.76. The molecule has 0 aliphatic rings. The van der Waals surface area contributed by atoms with Crippen LogP contribution in [-0.4, -0.2) is 24.5 Å². The number of rotatable bonds is 5. The lowest BCUT2D eigenvalue weighted by molar-refractivity contribution is 0.578. The van der Waals surface area contributed by atoms with E-state index < -0.39 is 24.5 Å². The molecule has 0 amide bonds. The van der Waals surface area contributed by atoms with Crippen LogP contribution in [0.25, 0.3) is 0 Å². The normalized spacial score (nSPS) is 14.5. The Bertz CT molecular complexity index is 566. The molecule has 112 valence electrons. The second-order valence-corrected chi connectivity index (χ2v) is 21.2. The van der Waals surface area contributed by atoms with E-state index in [1.807, 2.05) is 0 Å². The Morgan fingerprint density at radius 1 is 0.762 bits per heavy atom. The first-order valence-corrected chi connectivity index (χ1v) is 16.3. The predicted octanol–water partition coefficient (Wildman–Crippen LogP) is 3.43. The van der Waals surface area contributed by atoms with E-state index in [0.717, 1.165) is 0 Å². The van der Waals surface area contributed by atoms with E-state index in [2.05, 4.69) is 93.4 Å². The molecular formula is C17H25OSi3-. The molecule has 0 heterocycles. The van der Waals surface area contributed by atoms with Crippen molar-refractivity contribution in [3.8, 4) is 0 Å². The van der Waals surface area contributed by atoms with Gasteiger partial charge in [-0.05, 0) is 19.6 Å². The summed E-state index contributed by atoms with van der Waals surface area (Å²) in [7, 11) is -4.26. The number of benzene rings is 2. The zero-order chi connectivity index (χ0) is 15.5. The smallest absolute Gasteiger partial charge is 0.168 e. The van der Waals surface area contributed by atoms with Crippen LogP contribution in [0, 0.1) is 0 Å². The molecule has 0 aliphatic carbocycles. The summed E-state index contributed by atoms with van der Waals surface area (Å²) in [4.78, 5) is 0. The Morgan fingerprint density at radius 3 is 1.71 bits per heavy atom. The maximum absolute atomic E-state index is 6.85. The van der Waals surface area contributed by atoms with E-state index in [1.54, 1.807) is 0 Å². The summed E-state index contributed by atoms with van der Waals surface area (Å²) in [6.07, 6.45) is 0. The third kappa shape index (κ3) is 4.03. The molecule has 21 heavy (non-hydrogen) atoms. The molecule has 0 fully saturated rings. The second-order valence-electron chi connectivity index (χ2n) is 6.60. The molecule has 2 aromatic carbocycles. The van der Waals surface area contributed by atoms with Gasteiger partial charge in [0.25, 0.3) is 0 Å². The third-order valence-corrected chi connectivity index (χ3v) is 18.8. The first-order valence-electron chi connectivity index (χ1n) is 7.48. The first-order chi connectivity index (χ1) is 9.83. The molecule has 0 saturated carbocycles. The lowest BCUT2D eigenvalue weighted by atomic mass is 10.4. The molecule has 4 heteroatoms. The fraction of sp³-hybridized carbons (Fsp3) is 0.294. The van der Waals surface area contributed by atoms with Crippen LogP contribution in [0.1, 0.15) is 0 Å². The van der Waals surface area contributed by atoms with E-state index in [4.69, 9.17) is 4.12 Å². The Balaban J connectivity index is 2.46. The summed E-state index contributed by atoms with van der Waals surface area (Å²) in [6.45, 7) is 11.8. The summed E-state index contributed by atoms with van der Waals surface area (Å²) in [5.74, 6) is 0. The Kier molecular flexibility index (Phi) is 5.03. The van der Waals surface area contributed by atoms with Crippen molar-refractivity contribution in [2.75, 3.05) is 0 Å². The van der Waals surface area contributed by atoms with Crippen molar-refractivity contribution >= 4 is 34.8 Å². The molecule has 0 spiro atoms. The van der Waals surface area contributed by atoms with Gasteiger partial charge in [-0.2, -0.15) is 11.7 Å². The molecule has 1 nitrogen and oxygen atoms in total. The minimum absolute atomic E-state index is 0.738. The van der Waals surface area contributed by atoms with Gasteiger partial charge in [0, 0.05) is 0 Å². The largest absolute Gasteiger partial charge is 0.478 e. The maximum Gasteiger partial charge on any atom is 0.168 e. The first kappa shape index (κ1) is 16.4. The molecule has 2 aromatic rings. The molecule has 0 bridgehead atoms. The highest BCUT2D eigenvalue weighted by Gasteiger charge is 2.32. The van der Waals surface area contributed by atoms with Gasteiger partial charge in [-0.15, -0.1) is 0 Å². The lowest BCUT2D eigenvalue weighted by Crippen LogP contribution is -2.67. The number of hydrogen-bond donors (Lipinski definition) is 0. The molecular weight excluding hydrogens is 304 g/mol. The van der Waals surface area contributed by atoms with E-state index >= 15 is 0 Å². The molecule has 0 aliphatic heterocycles. The van der Waals surface area contributed by atoms with E-state index in [0.29, 0.717) is 0 Å². The minimum atomic E-state index is -1.94. The van der Waals surface area contributed by atoms with Gasteiger partial charge >= 0.3 is 0 Å². The van der Waals surface area contributed by atoms with E-state index in [-0.39, 0.29) is 0 Å². The van der Waals surface area contributed by atoms with Crippen molar-refractivity contribution in [2.45, 2.75) is 32.7 Å². The van der Waals surface area contributed by atoms with Gasteiger partial charge in [0.1, 0.15) is 0 Å². The van der Waals surface area contributed by atoms with Crippen LogP contribution in [0.15, 0.2) is 60.7 Å². The van der Waals surface area contributed by atoms with Crippen LogP contribution in [-0.2, 0) is 4.12 Å². The summed E-state index contributed by atoms with van der Waals surface area (Å²) < 4.78 is 6.85. The molecule has 0 N–H and O–H groups in total. The van der Waals surface area contributed by atoms with Crippen LogP contribution in [0.3, 0.4) is 0 Å². The summed E-state index contributed by atoms with van der Waals surface area (Å²) in [5.41, 5.74) is 0. The predicted molar refractivity (Wildman–Crippen MR) is 99.8 cm³/mol. The molecule has 0 aromatic heterocycles. The van der Waals surface area contributed by atoms with E-state index in [1.165, 1.54) is 10.4 Å². The van der Waals surface area contributed by atoms with Crippen molar-refractivity contribution in [1.29, 1.82) is 0 Å². The molecule has 0 saturated heterocycles. The van der Waals surface area contributed by atoms with E-state index in [9.17, 15) is 0 Å². The van der Waals surface area contributed by atoms with Gasteiger partial charge in [0.05, 0.1) is 7.83 Å². The van der Waals surface area contributed by atoms with Gasteiger partial charge in [-0.1, -0.05) is 72.4 Å². The maximum atomic E-state index is 6.85. The highest BCUT2D eigenvalue weighted by atomic mass is 29.2. The van der Waals surface area contributed by atoms with Crippen LogP contribution >= 0.6 is 0 Å². The quantitative estimate of drug-likeness (QED) is 0.764. The fourth-order valence-corrected chi connectivity index (χ4v) is 19.3. The van der Waals surface area contributed by atoms with Crippen molar-refractivity contribution in [1.82, 2.24) is 0 Å². The highest BCUT2D eigenvalue weighted by molar-refractivity contribution is 7.40. The van der Waals surface area contributed by atoms with Gasteiger partial charge in [-0.25, -0.2) is 0 Å². The number of hydrogen-bond acceptors (Lipinski definition) is 1.